The lowest BCUT2D eigenvalue weighted by molar-refractivity contribution is -0.138. The third-order valence-electron chi connectivity index (χ3n) is 12.8. The Bertz CT molecular complexity index is 957. The van der Waals surface area contributed by atoms with Gasteiger partial charge in [0.1, 0.15) is 0 Å². The highest BCUT2D eigenvalue weighted by atomic mass is 28.4. The monoisotopic (exact) mass is 556 g/mol. The lowest BCUT2D eigenvalue weighted by atomic mass is 9.47. The van der Waals surface area contributed by atoms with Gasteiger partial charge in [-0.2, -0.15) is 0 Å². The molecule has 0 amide bonds. The van der Waals surface area contributed by atoms with Crippen LogP contribution in [0.25, 0.3) is 0 Å². The molecule has 0 radical (unpaired) electrons. The Morgan fingerprint density at radius 1 is 1.13 bits per heavy atom. The van der Waals surface area contributed by atoms with E-state index >= 15 is 0 Å². The van der Waals surface area contributed by atoms with Crippen LogP contribution in [0.5, 0.6) is 0 Å². The highest BCUT2D eigenvalue weighted by Crippen LogP contribution is 2.67. The van der Waals surface area contributed by atoms with Gasteiger partial charge in [-0.15, -0.1) is 0 Å². The minimum absolute atomic E-state index is 0.157. The number of carbonyl (C=O) groups is 1. The minimum Gasteiger partial charge on any atom is -0.463 e. The van der Waals surface area contributed by atoms with E-state index in [-0.39, 0.29) is 11.0 Å². The van der Waals surface area contributed by atoms with Gasteiger partial charge in [0.15, 0.2) is 8.32 Å². The van der Waals surface area contributed by atoms with Gasteiger partial charge in [0, 0.05) is 11.7 Å². The van der Waals surface area contributed by atoms with Crippen LogP contribution >= 0.6 is 0 Å². The van der Waals surface area contributed by atoms with Crippen molar-refractivity contribution in [2.75, 3.05) is 6.61 Å². The number of esters is 1. The fourth-order valence-corrected chi connectivity index (χ4v) is 10.8. The zero-order valence-electron chi connectivity index (χ0n) is 27.1. The molecule has 3 saturated carbocycles. The van der Waals surface area contributed by atoms with Gasteiger partial charge in [-0.25, -0.2) is 4.79 Å². The second kappa shape index (κ2) is 11.4. The molecule has 8 atom stereocenters. The molecule has 0 bridgehead atoms. The minimum atomic E-state index is -1.73. The first-order chi connectivity index (χ1) is 18.1. The average Bonchev–Trinajstić information content (AvgIpc) is 3.20. The van der Waals surface area contributed by atoms with Crippen molar-refractivity contribution in [3.05, 3.63) is 23.3 Å². The summed E-state index contributed by atoms with van der Waals surface area (Å²) in [6, 6.07) is 0. The smallest absolute Gasteiger partial charge is 0.333 e. The van der Waals surface area contributed by atoms with Gasteiger partial charge in [0.25, 0.3) is 0 Å². The van der Waals surface area contributed by atoms with Gasteiger partial charge >= 0.3 is 5.97 Å². The molecule has 0 saturated heterocycles. The van der Waals surface area contributed by atoms with E-state index in [1.54, 1.807) is 5.57 Å². The van der Waals surface area contributed by atoms with Crippen LogP contribution in [0.15, 0.2) is 23.3 Å². The summed E-state index contributed by atoms with van der Waals surface area (Å²) in [6.45, 7) is 23.9. The van der Waals surface area contributed by atoms with Crippen LogP contribution in [0.1, 0.15) is 120 Å². The first-order valence-corrected chi connectivity index (χ1v) is 19.3. The van der Waals surface area contributed by atoms with Gasteiger partial charge in [0.05, 0.1) is 6.61 Å². The van der Waals surface area contributed by atoms with Gasteiger partial charge in [-0.1, -0.05) is 59.3 Å². The van der Waals surface area contributed by atoms with E-state index in [1.807, 2.05) is 13.8 Å². The number of hydrogen-bond acceptors (Lipinski definition) is 3. The van der Waals surface area contributed by atoms with Crippen LogP contribution in [-0.2, 0) is 14.0 Å². The molecule has 222 valence electrons. The molecule has 3 fully saturated rings. The molecule has 4 aliphatic rings. The second-order valence-electron chi connectivity index (χ2n) is 15.9. The molecule has 0 heterocycles. The second-order valence-corrected chi connectivity index (χ2v) is 20.6. The van der Waals surface area contributed by atoms with Crippen molar-refractivity contribution >= 4 is 14.3 Å². The third kappa shape index (κ3) is 5.90. The van der Waals surface area contributed by atoms with E-state index in [4.69, 9.17) is 9.16 Å². The maximum absolute atomic E-state index is 12.0. The third-order valence-corrected chi connectivity index (χ3v) is 17.3. The molecular formula is C35H60O3Si. The summed E-state index contributed by atoms with van der Waals surface area (Å²) in [5.41, 5.74) is 3.37. The summed E-state index contributed by atoms with van der Waals surface area (Å²) in [5.74, 6) is 3.95. The van der Waals surface area contributed by atoms with Crippen molar-refractivity contribution in [3.8, 4) is 0 Å². The Labute approximate surface area is 242 Å². The van der Waals surface area contributed by atoms with Crippen molar-refractivity contribution in [2.45, 2.75) is 144 Å². The summed E-state index contributed by atoms with van der Waals surface area (Å²) < 4.78 is 12.1. The maximum atomic E-state index is 12.0. The largest absolute Gasteiger partial charge is 0.463 e. The standard InChI is InChI=1S/C35H60O3Si/c1-11-37-32(36)25(3)14-12-13-24(2)29-17-18-30-28-16-15-26-23-27(38-39(9,10)33(4,5)6)19-21-34(26,7)31(28)20-22-35(29,30)8/h14-15,24,27-31H,11-13,16-23H2,1-10H3/b25-14+. The predicted octanol–water partition coefficient (Wildman–Crippen LogP) is 9.88. The van der Waals surface area contributed by atoms with Crippen molar-refractivity contribution in [1.82, 2.24) is 0 Å². The Hall–Kier alpha value is -0.873. The van der Waals surface area contributed by atoms with Crippen molar-refractivity contribution in [2.24, 2.45) is 40.4 Å². The molecule has 3 nitrogen and oxygen atoms in total. The van der Waals surface area contributed by atoms with Gasteiger partial charge < -0.3 is 9.16 Å². The molecule has 4 heteroatoms. The lowest BCUT2D eigenvalue weighted by Gasteiger charge is -2.59. The summed E-state index contributed by atoms with van der Waals surface area (Å²) in [4.78, 5) is 12.0. The predicted molar refractivity (Wildman–Crippen MR) is 166 cm³/mol. The molecule has 4 aliphatic carbocycles. The Morgan fingerprint density at radius 2 is 1.85 bits per heavy atom. The molecule has 8 unspecified atom stereocenters. The number of allylic oxidation sites excluding steroid dienone is 2. The zero-order valence-corrected chi connectivity index (χ0v) is 28.1. The summed E-state index contributed by atoms with van der Waals surface area (Å²) in [7, 11) is -1.73. The van der Waals surface area contributed by atoms with Gasteiger partial charge in [-0.05, 0) is 137 Å². The Morgan fingerprint density at radius 3 is 2.51 bits per heavy atom. The van der Waals surface area contributed by atoms with Crippen molar-refractivity contribution < 1.29 is 14.0 Å². The van der Waals surface area contributed by atoms with E-state index in [2.05, 4.69) is 66.8 Å². The number of ether oxygens (including phenoxy) is 1. The molecule has 0 aromatic heterocycles. The number of hydrogen-bond donors (Lipinski definition) is 0. The molecule has 0 aromatic rings. The van der Waals surface area contributed by atoms with E-state index in [9.17, 15) is 4.79 Å². The van der Waals surface area contributed by atoms with E-state index in [1.165, 1.54) is 57.8 Å². The van der Waals surface area contributed by atoms with Crippen LogP contribution < -0.4 is 0 Å². The molecule has 0 spiro atoms. The van der Waals surface area contributed by atoms with Crippen molar-refractivity contribution in [3.63, 3.8) is 0 Å². The number of rotatable bonds is 8. The molecule has 0 aliphatic heterocycles. The summed E-state index contributed by atoms with van der Waals surface area (Å²) >= 11 is 0. The number of fused-ring (bicyclic) bond motifs is 5. The fourth-order valence-electron chi connectivity index (χ4n) is 9.39. The maximum Gasteiger partial charge on any atom is 0.333 e. The molecule has 0 N–H and O–H groups in total. The molecule has 4 rings (SSSR count). The average molecular weight is 557 g/mol. The molecule has 0 aromatic carbocycles. The van der Waals surface area contributed by atoms with Crippen LogP contribution in [0.4, 0.5) is 0 Å². The lowest BCUT2D eigenvalue weighted by Crippen LogP contribution is -2.52. The van der Waals surface area contributed by atoms with Crippen molar-refractivity contribution in [1.29, 1.82) is 0 Å². The first-order valence-electron chi connectivity index (χ1n) is 16.3. The zero-order chi connectivity index (χ0) is 28.8. The van der Waals surface area contributed by atoms with E-state index < -0.39 is 8.32 Å². The summed E-state index contributed by atoms with van der Waals surface area (Å²) in [5, 5.41) is 0.278. The molecular weight excluding hydrogens is 496 g/mol. The van der Waals surface area contributed by atoms with Gasteiger partial charge in [-0.3, -0.25) is 0 Å². The summed E-state index contributed by atoms with van der Waals surface area (Å²) in [6.07, 6.45) is 18.0. The van der Waals surface area contributed by atoms with Crippen LogP contribution in [-0.4, -0.2) is 27.0 Å². The van der Waals surface area contributed by atoms with Crippen LogP contribution in [0, 0.1) is 40.4 Å². The van der Waals surface area contributed by atoms with E-state index in [0.29, 0.717) is 29.5 Å². The Balaban J connectivity index is 1.42. The van der Waals surface area contributed by atoms with E-state index in [0.717, 1.165) is 35.7 Å². The highest BCUT2D eigenvalue weighted by molar-refractivity contribution is 6.74. The fraction of sp³-hybridized carbons (Fsp3) is 0.857. The SMILES string of the molecule is CCOC(=O)/C(C)=C/CCC(C)C1CCC2C3CC=C4CC(O[Si](C)(C)C(C)(C)C)CCC4(C)C3CCC12C. The van der Waals surface area contributed by atoms with Gasteiger partial charge in [0.2, 0.25) is 0 Å². The Kier molecular flexibility index (Phi) is 9.10. The van der Waals surface area contributed by atoms with Crippen LogP contribution in [0.3, 0.4) is 0 Å². The quantitative estimate of drug-likeness (QED) is 0.129. The topological polar surface area (TPSA) is 35.5 Å². The number of carbonyl (C=O) groups excluding carboxylic acids is 1. The van der Waals surface area contributed by atoms with Crippen LogP contribution in [0.2, 0.25) is 18.1 Å². The molecule has 39 heavy (non-hydrogen) atoms. The first kappa shape index (κ1) is 31.1. The highest BCUT2D eigenvalue weighted by Gasteiger charge is 2.59. The normalized spacial score (nSPS) is 37.8.